The van der Waals surface area contributed by atoms with Crippen LogP contribution in [0, 0.1) is 0 Å². The van der Waals surface area contributed by atoms with Crippen LogP contribution in [0.1, 0.15) is 0 Å². The van der Waals surface area contributed by atoms with Crippen molar-refractivity contribution in [3.8, 4) is 33.9 Å². The number of nitrogens with zero attached hydrogens (tertiary/aromatic N) is 3. The van der Waals surface area contributed by atoms with Gasteiger partial charge in [-0.05, 0) is 48.0 Å². The van der Waals surface area contributed by atoms with Crippen LogP contribution in [-0.4, -0.2) is 19.9 Å². The highest BCUT2D eigenvalue weighted by molar-refractivity contribution is 7.99. The predicted molar refractivity (Wildman–Crippen MR) is 157 cm³/mol. The number of hydrogen-bond donors (Lipinski definition) is 1. The molecule has 4 aromatic carbocycles. The summed E-state index contributed by atoms with van der Waals surface area (Å²) in [7, 11) is 0. The van der Waals surface area contributed by atoms with Crippen molar-refractivity contribution in [3.05, 3.63) is 103 Å². The van der Waals surface area contributed by atoms with Crippen molar-refractivity contribution < 1.29 is 4.42 Å². The van der Waals surface area contributed by atoms with Crippen molar-refractivity contribution in [2.45, 2.75) is 9.92 Å². The van der Waals surface area contributed by atoms with Crippen molar-refractivity contribution in [2.24, 2.45) is 0 Å². The van der Waals surface area contributed by atoms with E-state index in [1.54, 1.807) is 11.8 Å². The molecule has 8 aromatic rings. The third-order valence-corrected chi connectivity index (χ3v) is 8.39. The number of hydrogen-bond acceptors (Lipinski definition) is 5. The molecule has 1 aliphatic heterocycles. The van der Waals surface area contributed by atoms with Crippen molar-refractivity contribution in [2.75, 3.05) is 0 Å². The summed E-state index contributed by atoms with van der Waals surface area (Å²) < 4.78 is 6.35. The fourth-order valence-corrected chi connectivity index (χ4v) is 6.58. The van der Waals surface area contributed by atoms with Crippen molar-refractivity contribution >= 4 is 55.6 Å². The molecule has 39 heavy (non-hydrogen) atoms. The largest absolute Gasteiger partial charge is 0.452 e. The number of pyridine rings is 1. The molecule has 6 heteroatoms. The van der Waals surface area contributed by atoms with E-state index in [2.05, 4.69) is 65.6 Å². The third kappa shape index (κ3) is 3.06. The normalized spacial score (nSPS) is 12.5. The standard InChI is InChI=1S/C33H18N4OS/c1-2-15-26-23(9-1)30-32(38-26)31-25-14-6-16-27(34-25)39-19-8-3-7-18(17-19)20-10-4-11-21-22-12-5-13-24(33(36-30)37-31)29(22)35-28(20)21/h1-17,35H. The molecule has 1 aliphatic rings. The van der Waals surface area contributed by atoms with E-state index in [9.17, 15) is 0 Å². The molecule has 8 bridgehead atoms. The van der Waals surface area contributed by atoms with Gasteiger partial charge in [-0.2, -0.15) is 0 Å². The highest BCUT2D eigenvalue weighted by Gasteiger charge is 2.21. The minimum absolute atomic E-state index is 0.637. The molecule has 0 fully saturated rings. The highest BCUT2D eigenvalue weighted by Crippen LogP contribution is 2.41. The van der Waals surface area contributed by atoms with E-state index in [0.29, 0.717) is 17.1 Å². The quantitative estimate of drug-likeness (QED) is 0.217. The lowest BCUT2D eigenvalue weighted by Crippen LogP contribution is -1.96. The zero-order valence-corrected chi connectivity index (χ0v) is 21.3. The second-order valence-corrected chi connectivity index (χ2v) is 10.8. The summed E-state index contributed by atoms with van der Waals surface area (Å²) in [5.74, 6) is 0.637. The van der Waals surface area contributed by atoms with Crippen molar-refractivity contribution in [1.82, 2.24) is 19.9 Å². The van der Waals surface area contributed by atoms with Crippen LogP contribution in [0.5, 0.6) is 0 Å². The first-order valence-corrected chi connectivity index (χ1v) is 13.6. The van der Waals surface area contributed by atoms with Gasteiger partial charge in [0.15, 0.2) is 11.4 Å². The zero-order valence-electron chi connectivity index (χ0n) is 20.5. The van der Waals surface area contributed by atoms with E-state index in [1.807, 2.05) is 42.5 Å². The second-order valence-electron chi connectivity index (χ2n) is 9.74. The lowest BCUT2D eigenvalue weighted by molar-refractivity contribution is 0.667. The third-order valence-electron chi connectivity index (χ3n) is 7.46. The van der Waals surface area contributed by atoms with Crippen molar-refractivity contribution in [3.63, 3.8) is 0 Å². The Bertz CT molecular complexity index is 2280. The van der Waals surface area contributed by atoms with Crippen LogP contribution in [0.15, 0.2) is 117 Å². The average molecular weight is 519 g/mol. The summed E-state index contributed by atoms with van der Waals surface area (Å²) in [6.45, 7) is 0. The Hall–Kier alpha value is -4.94. The molecule has 0 saturated carbocycles. The van der Waals surface area contributed by atoms with Gasteiger partial charge in [-0.15, -0.1) is 0 Å². The molecule has 9 rings (SSSR count). The molecule has 0 amide bonds. The van der Waals surface area contributed by atoms with Gasteiger partial charge in [0.2, 0.25) is 0 Å². The highest BCUT2D eigenvalue weighted by atomic mass is 32.2. The summed E-state index contributed by atoms with van der Waals surface area (Å²) >= 11 is 1.64. The first kappa shape index (κ1) is 21.0. The van der Waals surface area contributed by atoms with Crippen LogP contribution < -0.4 is 0 Å². The molecular weight excluding hydrogens is 500 g/mol. The topological polar surface area (TPSA) is 67.6 Å². The van der Waals surface area contributed by atoms with E-state index < -0.39 is 0 Å². The number of H-pyrrole nitrogens is 1. The molecule has 0 saturated heterocycles. The Labute approximate surface area is 226 Å². The van der Waals surface area contributed by atoms with E-state index >= 15 is 0 Å². The number of benzene rings is 4. The zero-order chi connectivity index (χ0) is 25.5. The van der Waals surface area contributed by atoms with E-state index in [-0.39, 0.29) is 0 Å². The maximum Gasteiger partial charge on any atom is 0.181 e. The van der Waals surface area contributed by atoms with Gasteiger partial charge in [0.1, 0.15) is 21.8 Å². The number of aromatic nitrogens is 4. The summed E-state index contributed by atoms with van der Waals surface area (Å²) in [6.07, 6.45) is 0. The van der Waals surface area contributed by atoms with Gasteiger partial charge in [-0.1, -0.05) is 72.4 Å². The molecular formula is C33H18N4OS. The average Bonchev–Trinajstić information content (AvgIpc) is 3.55. The number of rotatable bonds is 0. The van der Waals surface area contributed by atoms with Gasteiger partial charge in [0.05, 0.1) is 16.7 Å². The van der Waals surface area contributed by atoms with E-state index in [1.165, 1.54) is 5.39 Å². The van der Waals surface area contributed by atoms with Gasteiger partial charge < -0.3 is 9.40 Å². The van der Waals surface area contributed by atoms with Gasteiger partial charge >= 0.3 is 0 Å². The molecule has 5 heterocycles. The second kappa shape index (κ2) is 7.79. The molecule has 4 aromatic heterocycles. The number of furan rings is 1. The molecule has 5 nitrogen and oxygen atoms in total. The van der Waals surface area contributed by atoms with Crippen LogP contribution in [-0.2, 0) is 0 Å². The summed E-state index contributed by atoms with van der Waals surface area (Å²) in [5, 5.41) is 4.18. The maximum absolute atomic E-state index is 6.35. The maximum atomic E-state index is 6.35. The monoisotopic (exact) mass is 518 g/mol. The Morgan fingerprint density at radius 1 is 0.641 bits per heavy atom. The Kier molecular flexibility index (Phi) is 4.20. The molecule has 0 aliphatic carbocycles. The van der Waals surface area contributed by atoms with E-state index in [0.717, 1.165) is 65.2 Å². The van der Waals surface area contributed by atoms with Crippen LogP contribution in [0.25, 0.3) is 77.8 Å². The van der Waals surface area contributed by atoms with Crippen LogP contribution >= 0.6 is 11.8 Å². The number of fused-ring (bicyclic) bond motifs is 14. The van der Waals surface area contributed by atoms with Gasteiger partial charge in [0.25, 0.3) is 0 Å². The fourth-order valence-electron chi connectivity index (χ4n) is 5.71. The number of aromatic amines is 1. The molecule has 0 radical (unpaired) electrons. The SMILES string of the molecule is c1cc2cc(c1)-c1cccc3c1[nH]c1c(cccc13)-c1nc(c3oc4ccccc4c3n1)-c1cccc(n1)S2. The smallest absolute Gasteiger partial charge is 0.181 e. The summed E-state index contributed by atoms with van der Waals surface area (Å²) in [5.41, 5.74) is 9.03. The Morgan fingerprint density at radius 3 is 2.33 bits per heavy atom. The molecule has 182 valence electrons. The minimum Gasteiger partial charge on any atom is -0.452 e. The first-order valence-electron chi connectivity index (χ1n) is 12.8. The molecule has 0 unspecified atom stereocenters. The van der Waals surface area contributed by atoms with Crippen LogP contribution in [0.3, 0.4) is 0 Å². The molecule has 0 spiro atoms. The minimum atomic E-state index is 0.637. The first-order chi connectivity index (χ1) is 19.3. The number of nitrogens with one attached hydrogen (secondary N) is 1. The van der Waals surface area contributed by atoms with E-state index in [4.69, 9.17) is 19.4 Å². The number of para-hydroxylation sites is 3. The Balaban J connectivity index is 1.48. The Morgan fingerprint density at radius 2 is 1.41 bits per heavy atom. The molecule has 0 atom stereocenters. The summed E-state index contributed by atoms with van der Waals surface area (Å²) in [4.78, 5) is 20.2. The van der Waals surface area contributed by atoms with Crippen LogP contribution in [0.4, 0.5) is 0 Å². The van der Waals surface area contributed by atoms with Gasteiger partial charge in [-0.3, -0.25) is 0 Å². The van der Waals surface area contributed by atoms with Gasteiger partial charge in [-0.25, -0.2) is 15.0 Å². The van der Waals surface area contributed by atoms with Crippen molar-refractivity contribution in [1.29, 1.82) is 0 Å². The lowest BCUT2D eigenvalue weighted by Gasteiger charge is -2.09. The predicted octanol–water partition coefficient (Wildman–Crippen LogP) is 8.87. The molecule has 1 N–H and O–H groups in total. The van der Waals surface area contributed by atoms with Gasteiger partial charge in [0, 0.05) is 32.2 Å². The van der Waals surface area contributed by atoms with Crippen LogP contribution in [0.2, 0.25) is 0 Å². The fraction of sp³-hybridized carbons (Fsp3) is 0. The lowest BCUT2D eigenvalue weighted by atomic mass is 10.0. The summed E-state index contributed by atoms with van der Waals surface area (Å²) in [6, 6.07) is 35.5.